The van der Waals surface area contributed by atoms with Gasteiger partial charge in [-0.2, -0.15) is 0 Å². The second-order valence-corrected chi connectivity index (χ2v) is 6.89. The van der Waals surface area contributed by atoms with Crippen molar-refractivity contribution < 1.29 is 4.79 Å². The monoisotopic (exact) mass is 262 g/mol. The molecule has 0 aromatic heterocycles. The molecule has 0 fully saturated rings. The molecule has 1 aromatic rings. The maximum Gasteiger partial charge on any atom is 0.224 e. The Morgan fingerprint density at radius 3 is 2.26 bits per heavy atom. The molecule has 0 bridgehead atoms. The fraction of sp³-hybridized carbons (Fsp3) is 0.562. The quantitative estimate of drug-likeness (QED) is 0.874. The summed E-state index contributed by atoms with van der Waals surface area (Å²) in [5, 5.41) is 3.01. The van der Waals surface area contributed by atoms with Gasteiger partial charge in [0.1, 0.15) is 0 Å². The number of amides is 1. The van der Waals surface area contributed by atoms with Crippen LogP contribution in [0.1, 0.15) is 46.6 Å². The fourth-order valence-corrected chi connectivity index (χ4v) is 1.95. The summed E-state index contributed by atoms with van der Waals surface area (Å²) in [5.41, 5.74) is 7.55. The van der Waals surface area contributed by atoms with Gasteiger partial charge in [-0.25, -0.2) is 0 Å². The largest absolute Gasteiger partial charge is 0.330 e. The van der Waals surface area contributed by atoms with Gasteiger partial charge in [0.05, 0.1) is 0 Å². The van der Waals surface area contributed by atoms with Crippen molar-refractivity contribution in [2.24, 2.45) is 11.1 Å². The van der Waals surface area contributed by atoms with Crippen LogP contribution in [0.25, 0.3) is 0 Å². The maximum absolute atomic E-state index is 12.1. The molecular weight excluding hydrogens is 236 g/mol. The average molecular weight is 262 g/mol. The minimum absolute atomic E-state index is 0.00720. The molecule has 0 heterocycles. The number of hydrogen-bond donors (Lipinski definition) is 2. The predicted molar refractivity (Wildman–Crippen MR) is 81.2 cm³/mol. The van der Waals surface area contributed by atoms with Crippen LogP contribution in [-0.2, 0) is 10.2 Å². The number of anilines is 1. The Bertz CT molecular complexity index is 444. The minimum atomic E-state index is -0.166. The smallest absolute Gasteiger partial charge is 0.224 e. The minimum Gasteiger partial charge on any atom is -0.330 e. The Hall–Kier alpha value is -1.35. The van der Waals surface area contributed by atoms with Crippen molar-refractivity contribution in [3.63, 3.8) is 0 Å². The van der Waals surface area contributed by atoms with Crippen molar-refractivity contribution >= 4 is 11.6 Å². The number of hydrogen-bond acceptors (Lipinski definition) is 2. The van der Waals surface area contributed by atoms with Crippen LogP contribution in [0.4, 0.5) is 5.69 Å². The zero-order valence-electron chi connectivity index (χ0n) is 12.7. The topological polar surface area (TPSA) is 55.1 Å². The van der Waals surface area contributed by atoms with E-state index >= 15 is 0 Å². The highest BCUT2D eigenvalue weighted by atomic mass is 16.1. The molecule has 3 heteroatoms. The van der Waals surface area contributed by atoms with E-state index in [1.165, 1.54) is 0 Å². The highest BCUT2D eigenvalue weighted by Gasteiger charge is 2.22. The molecule has 1 rings (SSSR count). The number of para-hydroxylation sites is 1. The van der Waals surface area contributed by atoms with E-state index in [4.69, 9.17) is 5.73 Å². The van der Waals surface area contributed by atoms with Gasteiger partial charge in [-0.3, -0.25) is 4.79 Å². The van der Waals surface area contributed by atoms with Gasteiger partial charge in [0.25, 0.3) is 0 Å². The molecule has 19 heavy (non-hydrogen) atoms. The van der Waals surface area contributed by atoms with Crippen LogP contribution >= 0.6 is 0 Å². The number of rotatable bonds is 4. The van der Waals surface area contributed by atoms with Crippen molar-refractivity contribution in [1.82, 2.24) is 0 Å². The maximum atomic E-state index is 12.1. The van der Waals surface area contributed by atoms with Gasteiger partial charge in [0.2, 0.25) is 5.91 Å². The Kier molecular flexibility index (Phi) is 4.75. The zero-order chi connectivity index (χ0) is 14.7. The number of carbonyl (C=O) groups is 1. The lowest BCUT2D eigenvalue weighted by Gasteiger charge is -2.25. The van der Waals surface area contributed by atoms with Crippen LogP contribution in [0, 0.1) is 5.41 Å². The molecule has 0 saturated heterocycles. The van der Waals surface area contributed by atoms with E-state index in [0.29, 0.717) is 13.0 Å². The Morgan fingerprint density at radius 2 is 1.74 bits per heavy atom. The summed E-state index contributed by atoms with van der Waals surface area (Å²) in [6, 6.07) is 7.95. The molecule has 106 valence electrons. The molecule has 0 aliphatic heterocycles. The van der Waals surface area contributed by atoms with Crippen LogP contribution in [0.2, 0.25) is 0 Å². The van der Waals surface area contributed by atoms with Crippen molar-refractivity contribution in [3.05, 3.63) is 29.8 Å². The molecule has 0 aliphatic rings. The van der Waals surface area contributed by atoms with Crippen LogP contribution in [0.5, 0.6) is 0 Å². The Labute approximate surface area is 116 Å². The first-order chi connectivity index (χ1) is 8.65. The molecule has 0 unspecified atom stereocenters. The van der Waals surface area contributed by atoms with Gasteiger partial charge >= 0.3 is 0 Å². The van der Waals surface area contributed by atoms with E-state index in [1.54, 1.807) is 0 Å². The molecular formula is C16H26N2O. The van der Waals surface area contributed by atoms with Gasteiger partial charge < -0.3 is 11.1 Å². The SMILES string of the molecule is CC(C)(CN)CC(=O)Nc1ccccc1C(C)(C)C. The second kappa shape index (κ2) is 5.74. The molecule has 3 nitrogen and oxygen atoms in total. The summed E-state index contributed by atoms with van der Waals surface area (Å²) in [6.07, 6.45) is 0.433. The molecule has 1 amide bonds. The summed E-state index contributed by atoms with van der Waals surface area (Å²) < 4.78 is 0. The van der Waals surface area contributed by atoms with E-state index in [-0.39, 0.29) is 16.7 Å². The van der Waals surface area contributed by atoms with Crippen molar-refractivity contribution in [2.45, 2.75) is 46.5 Å². The predicted octanol–water partition coefficient (Wildman–Crippen LogP) is 3.30. The standard InChI is InChI=1S/C16H26N2O/c1-15(2,3)12-8-6-7-9-13(12)18-14(19)10-16(4,5)11-17/h6-9H,10-11,17H2,1-5H3,(H,18,19). The van der Waals surface area contributed by atoms with Crippen LogP contribution < -0.4 is 11.1 Å². The third-order valence-electron chi connectivity index (χ3n) is 3.20. The highest BCUT2D eigenvalue weighted by Crippen LogP contribution is 2.29. The summed E-state index contributed by atoms with van der Waals surface area (Å²) in [6.45, 7) is 10.9. The van der Waals surface area contributed by atoms with Gasteiger partial charge in [-0.05, 0) is 29.0 Å². The van der Waals surface area contributed by atoms with Crippen LogP contribution in [0.3, 0.4) is 0 Å². The number of benzene rings is 1. The van der Waals surface area contributed by atoms with Crippen molar-refractivity contribution in [1.29, 1.82) is 0 Å². The average Bonchev–Trinajstić information content (AvgIpc) is 2.27. The molecule has 3 N–H and O–H groups in total. The first kappa shape index (κ1) is 15.7. The second-order valence-electron chi connectivity index (χ2n) is 6.89. The lowest BCUT2D eigenvalue weighted by Crippen LogP contribution is -2.29. The first-order valence-corrected chi connectivity index (χ1v) is 6.75. The Balaban J connectivity index is 2.86. The first-order valence-electron chi connectivity index (χ1n) is 6.75. The highest BCUT2D eigenvalue weighted by molar-refractivity contribution is 5.92. The third-order valence-corrected chi connectivity index (χ3v) is 3.20. The van der Waals surface area contributed by atoms with E-state index < -0.39 is 0 Å². The molecule has 0 aliphatic carbocycles. The lowest BCUT2D eigenvalue weighted by atomic mass is 9.85. The van der Waals surface area contributed by atoms with E-state index in [1.807, 2.05) is 32.0 Å². The summed E-state index contributed by atoms with van der Waals surface area (Å²) in [7, 11) is 0. The molecule has 0 radical (unpaired) electrons. The summed E-state index contributed by atoms with van der Waals surface area (Å²) in [5.74, 6) is 0.0205. The van der Waals surface area contributed by atoms with Crippen molar-refractivity contribution in [2.75, 3.05) is 11.9 Å². The number of carbonyl (C=O) groups excluding carboxylic acids is 1. The third kappa shape index (κ3) is 4.67. The van der Waals surface area contributed by atoms with Gasteiger partial charge in [0.15, 0.2) is 0 Å². The molecule has 0 atom stereocenters. The fourth-order valence-electron chi connectivity index (χ4n) is 1.95. The van der Waals surface area contributed by atoms with Crippen LogP contribution in [0.15, 0.2) is 24.3 Å². The van der Waals surface area contributed by atoms with E-state index in [0.717, 1.165) is 11.3 Å². The van der Waals surface area contributed by atoms with E-state index in [2.05, 4.69) is 32.2 Å². The van der Waals surface area contributed by atoms with Crippen LogP contribution in [-0.4, -0.2) is 12.5 Å². The Morgan fingerprint density at radius 1 is 1.16 bits per heavy atom. The van der Waals surface area contributed by atoms with Crippen molar-refractivity contribution in [3.8, 4) is 0 Å². The number of nitrogens with two attached hydrogens (primary N) is 1. The van der Waals surface area contributed by atoms with Gasteiger partial charge in [-0.15, -0.1) is 0 Å². The summed E-state index contributed by atoms with van der Waals surface area (Å²) >= 11 is 0. The van der Waals surface area contributed by atoms with E-state index in [9.17, 15) is 4.79 Å². The number of nitrogens with one attached hydrogen (secondary N) is 1. The normalized spacial score (nSPS) is 12.3. The molecule has 1 aromatic carbocycles. The lowest BCUT2D eigenvalue weighted by molar-refractivity contribution is -0.117. The zero-order valence-corrected chi connectivity index (χ0v) is 12.7. The molecule has 0 spiro atoms. The van der Waals surface area contributed by atoms with Gasteiger partial charge in [-0.1, -0.05) is 52.8 Å². The summed E-state index contributed by atoms with van der Waals surface area (Å²) in [4.78, 5) is 12.1. The molecule has 0 saturated carbocycles. The van der Waals surface area contributed by atoms with Gasteiger partial charge in [0, 0.05) is 12.1 Å².